The predicted octanol–water partition coefficient (Wildman–Crippen LogP) is -0.335. The second kappa shape index (κ2) is 3.39. The maximum Gasteiger partial charge on any atom is 0.333 e. The first kappa shape index (κ1) is 8.07. The Balaban J connectivity index is 2.58. The summed E-state index contributed by atoms with van der Waals surface area (Å²) in [5.41, 5.74) is 6.30. The smallest absolute Gasteiger partial charge is 0.333 e. The summed E-state index contributed by atoms with van der Waals surface area (Å²) in [5, 5.41) is 0. The first-order valence-corrected chi connectivity index (χ1v) is 3.60. The molecule has 0 aliphatic carbocycles. The van der Waals surface area contributed by atoms with Crippen LogP contribution in [0.2, 0.25) is 0 Å². The molecule has 4 nitrogen and oxygen atoms in total. The number of hydrogen-bond donors (Lipinski definition) is 1. The molecule has 62 valence electrons. The maximum absolute atomic E-state index is 10.6. The van der Waals surface area contributed by atoms with Gasteiger partial charge in [0.05, 0.1) is 12.4 Å². The molecule has 2 N–H and O–H groups in total. The van der Waals surface area contributed by atoms with Gasteiger partial charge in [0.1, 0.15) is 6.61 Å². The summed E-state index contributed by atoms with van der Waals surface area (Å²) in [6, 6.07) is 0. The summed E-state index contributed by atoms with van der Waals surface area (Å²) in [4.78, 5) is 12.5. The third-order valence-electron chi connectivity index (χ3n) is 1.66. The van der Waals surface area contributed by atoms with E-state index in [9.17, 15) is 4.79 Å². The van der Waals surface area contributed by atoms with Crippen molar-refractivity contribution < 1.29 is 9.53 Å². The second-order valence-corrected chi connectivity index (χ2v) is 2.28. The standard InChI is InChI=1S/C7H12N2O2/c1-2-9(5-8)6-3-7(10)11-4-6/h3H,2,4-5,8H2,1H3. The Kier molecular flexibility index (Phi) is 2.48. The van der Waals surface area contributed by atoms with E-state index in [0.717, 1.165) is 12.2 Å². The molecular formula is C7H12N2O2. The predicted molar refractivity (Wildman–Crippen MR) is 40.5 cm³/mol. The van der Waals surface area contributed by atoms with Crippen molar-refractivity contribution in [2.75, 3.05) is 19.8 Å². The van der Waals surface area contributed by atoms with Gasteiger partial charge in [-0.1, -0.05) is 0 Å². The highest BCUT2D eigenvalue weighted by Crippen LogP contribution is 2.09. The van der Waals surface area contributed by atoms with Crippen molar-refractivity contribution in [2.24, 2.45) is 5.73 Å². The van der Waals surface area contributed by atoms with Gasteiger partial charge in [-0.2, -0.15) is 0 Å². The van der Waals surface area contributed by atoms with Gasteiger partial charge in [-0.15, -0.1) is 0 Å². The molecule has 0 unspecified atom stereocenters. The van der Waals surface area contributed by atoms with E-state index in [2.05, 4.69) is 0 Å². The van der Waals surface area contributed by atoms with Gasteiger partial charge in [0.25, 0.3) is 0 Å². The zero-order valence-corrected chi connectivity index (χ0v) is 6.54. The topological polar surface area (TPSA) is 55.6 Å². The first-order chi connectivity index (χ1) is 5.27. The van der Waals surface area contributed by atoms with E-state index in [0.29, 0.717) is 13.3 Å². The molecule has 0 fully saturated rings. The summed E-state index contributed by atoms with van der Waals surface area (Å²) in [7, 11) is 0. The van der Waals surface area contributed by atoms with Crippen LogP contribution in [0.5, 0.6) is 0 Å². The van der Waals surface area contributed by atoms with E-state index < -0.39 is 0 Å². The van der Waals surface area contributed by atoms with Crippen molar-refractivity contribution in [3.63, 3.8) is 0 Å². The number of esters is 1. The average molecular weight is 156 g/mol. The zero-order valence-electron chi connectivity index (χ0n) is 6.54. The maximum atomic E-state index is 10.6. The molecule has 0 aromatic rings. The Labute approximate surface area is 65.6 Å². The number of hydrogen-bond acceptors (Lipinski definition) is 4. The molecule has 1 rings (SSSR count). The molecule has 0 bridgehead atoms. The lowest BCUT2D eigenvalue weighted by Crippen LogP contribution is -2.29. The molecule has 0 aromatic carbocycles. The summed E-state index contributed by atoms with van der Waals surface area (Å²) in [5.74, 6) is -0.271. The molecule has 0 saturated carbocycles. The molecule has 0 saturated heterocycles. The monoisotopic (exact) mass is 156 g/mol. The Morgan fingerprint density at radius 2 is 2.55 bits per heavy atom. The Morgan fingerprint density at radius 3 is 2.91 bits per heavy atom. The van der Waals surface area contributed by atoms with E-state index in [1.807, 2.05) is 11.8 Å². The van der Waals surface area contributed by atoms with Crippen LogP contribution in [0.4, 0.5) is 0 Å². The largest absolute Gasteiger partial charge is 0.456 e. The van der Waals surface area contributed by atoms with Crippen LogP contribution in [-0.4, -0.2) is 30.7 Å². The van der Waals surface area contributed by atoms with Gasteiger partial charge in [-0.3, -0.25) is 0 Å². The normalized spacial score (nSPS) is 16.2. The van der Waals surface area contributed by atoms with Crippen molar-refractivity contribution in [2.45, 2.75) is 6.92 Å². The second-order valence-electron chi connectivity index (χ2n) is 2.28. The van der Waals surface area contributed by atoms with Crippen LogP contribution < -0.4 is 5.73 Å². The fourth-order valence-electron chi connectivity index (χ4n) is 0.996. The minimum absolute atomic E-state index is 0.271. The molecule has 4 heteroatoms. The number of nitrogens with zero attached hydrogens (tertiary/aromatic N) is 1. The fourth-order valence-corrected chi connectivity index (χ4v) is 0.996. The lowest BCUT2D eigenvalue weighted by molar-refractivity contribution is -0.135. The van der Waals surface area contributed by atoms with Gasteiger partial charge in [0.15, 0.2) is 0 Å². The SMILES string of the molecule is CCN(CN)C1=CC(=O)OC1. The third kappa shape index (κ3) is 1.71. The Hall–Kier alpha value is -1.03. The minimum Gasteiger partial charge on any atom is -0.456 e. The van der Waals surface area contributed by atoms with Crippen LogP contribution in [0.15, 0.2) is 11.8 Å². The van der Waals surface area contributed by atoms with Crippen LogP contribution in [0.3, 0.4) is 0 Å². The highest BCUT2D eigenvalue weighted by atomic mass is 16.5. The lowest BCUT2D eigenvalue weighted by atomic mass is 10.4. The van der Waals surface area contributed by atoms with Crippen molar-refractivity contribution in [1.82, 2.24) is 4.90 Å². The van der Waals surface area contributed by atoms with Crippen molar-refractivity contribution in [3.05, 3.63) is 11.8 Å². The van der Waals surface area contributed by atoms with Gasteiger partial charge in [-0.05, 0) is 6.92 Å². The van der Waals surface area contributed by atoms with E-state index in [1.165, 1.54) is 6.08 Å². The number of carbonyl (C=O) groups is 1. The van der Waals surface area contributed by atoms with Crippen LogP contribution in [0.25, 0.3) is 0 Å². The number of ether oxygens (including phenoxy) is 1. The van der Waals surface area contributed by atoms with Gasteiger partial charge < -0.3 is 15.4 Å². The summed E-state index contributed by atoms with van der Waals surface area (Å²) < 4.78 is 4.72. The van der Waals surface area contributed by atoms with E-state index in [-0.39, 0.29) is 5.97 Å². The number of likely N-dealkylation sites (N-methyl/N-ethyl adjacent to an activating group) is 1. The van der Waals surface area contributed by atoms with E-state index >= 15 is 0 Å². The molecule has 0 atom stereocenters. The molecule has 0 spiro atoms. The Morgan fingerprint density at radius 1 is 1.82 bits per heavy atom. The third-order valence-corrected chi connectivity index (χ3v) is 1.66. The van der Waals surface area contributed by atoms with Crippen LogP contribution in [-0.2, 0) is 9.53 Å². The lowest BCUT2D eigenvalue weighted by Gasteiger charge is -2.19. The van der Waals surface area contributed by atoms with Crippen molar-refractivity contribution in [1.29, 1.82) is 0 Å². The van der Waals surface area contributed by atoms with Crippen LogP contribution in [0, 0.1) is 0 Å². The molecule has 0 radical (unpaired) electrons. The average Bonchev–Trinajstić information content (AvgIpc) is 2.39. The summed E-state index contributed by atoms with van der Waals surface area (Å²) in [6.45, 7) is 3.58. The van der Waals surface area contributed by atoms with E-state index in [1.54, 1.807) is 0 Å². The highest BCUT2D eigenvalue weighted by molar-refractivity contribution is 5.85. The number of rotatable bonds is 3. The van der Waals surface area contributed by atoms with E-state index in [4.69, 9.17) is 10.5 Å². The molecule has 0 amide bonds. The van der Waals surface area contributed by atoms with Crippen LogP contribution in [0.1, 0.15) is 6.92 Å². The van der Waals surface area contributed by atoms with Gasteiger partial charge in [-0.25, -0.2) is 4.79 Å². The molecule has 11 heavy (non-hydrogen) atoms. The summed E-state index contributed by atoms with van der Waals surface area (Å²) >= 11 is 0. The van der Waals surface area contributed by atoms with Gasteiger partial charge in [0.2, 0.25) is 0 Å². The van der Waals surface area contributed by atoms with Crippen molar-refractivity contribution >= 4 is 5.97 Å². The first-order valence-electron chi connectivity index (χ1n) is 3.60. The fraction of sp³-hybridized carbons (Fsp3) is 0.571. The van der Waals surface area contributed by atoms with Crippen LogP contribution >= 0.6 is 0 Å². The van der Waals surface area contributed by atoms with Crippen molar-refractivity contribution in [3.8, 4) is 0 Å². The quantitative estimate of drug-likeness (QED) is 0.449. The minimum atomic E-state index is -0.271. The highest BCUT2D eigenvalue weighted by Gasteiger charge is 2.16. The van der Waals surface area contributed by atoms with Gasteiger partial charge >= 0.3 is 5.97 Å². The Bertz CT molecular complexity index is 185. The molecular weight excluding hydrogens is 144 g/mol. The summed E-state index contributed by atoms with van der Waals surface area (Å²) in [6.07, 6.45) is 1.48. The molecule has 1 aliphatic rings. The molecule has 0 aromatic heterocycles. The molecule has 1 heterocycles. The number of nitrogens with two attached hydrogens (primary N) is 1. The zero-order chi connectivity index (χ0) is 8.27. The number of carbonyl (C=O) groups excluding carboxylic acids is 1. The van der Waals surface area contributed by atoms with Gasteiger partial charge in [0, 0.05) is 12.6 Å². The molecule has 1 aliphatic heterocycles. The number of cyclic esters (lactones) is 1.